The predicted molar refractivity (Wildman–Crippen MR) is 88.3 cm³/mol. The lowest BCUT2D eigenvalue weighted by atomic mass is 10.1. The summed E-state index contributed by atoms with van der Waals surface area (Å²) in [6.07, 6.45) is 1.45. The van der Waals surface area contributed by atoms with Crippen LogP contribution in [0.25, 0.3) is 0 Å². The molecule has 0 aliphatic rings. The van der Waals surface area contributed by atoms with Crippen molar-refractivity contribution in [2.24, 2.45) is 0 Å². The Morgan fingerprint density at radius 2 is 1.86 bits per heavy atom. The van der Waals surface area contributed by atoms with E-state index in [-0.39, 0.29) is 11.9 Å². The van der Waals surface area contributed by atoms with E-state index in [2.05, 4.69) is 41.5 Å². The molecule has 0 saturated carbocycles. The summed E-state index contributed by atoms with van der Waals surface area (Å²) in [5.74, 6) is 0.128. The molecule has 0 radical (unpaired) electrons. The Morgan fingerprint density at radius 1 is 1.19 bits per heavy atom. The third-order valence-corrected chi connectivity index (χ3v) is 3.43. The molecule has 1 aromatic carbocycles. The molecule has 0 saturated heterocycles. The molecule has 0 spiro atoms. The van der Waals surface area contributed by atoms with Gasteiger partial charge in [-0.15, -0.1) is 0 Å². The lowest BCUT2D eigenvalue weighted by Crippen LogP contribution is -2.35. The van der Waals surface area contributed by atoms with Crippen molar-refractivity contribution >= 4 is 5.91 Å². The second-order valence-electron chi connectivity index (χ2n) is 5.91. The minimum absolute atomic E-state index is 0.128. The van der Waals surface area contributed by atoms with E-state index >= 15 is 0 Å². The van der Waals surface area contributed by atoms with Crippen LogP contribution >= 0.6 is 0 Å². The largest absolute Gasteiger partial charge is 0.354 e. The summed E-state index contributed by atoms with van der Waals surface area (Å²) in [6, 6.07) is 11.0. The number of hydrogen-bond acceptors (Lipinski definition) is 3. The molecular weight excluding hydrogens is 262 g/mol. The van der Waals surface area contributed by atoms with E-state index in [4.69, 9.17) is 0 Å². The molecule has 4 nitrogen and oxygen atoms in total. The van der Waals surface area contributed by atoms with Crippen molar-refractivity contribution in [2.75, 3.05) is 27.2 Å². The summed E-state index contributed by atoms with van der Waals surface area (Å²) in [4.78, 5) is 14.0. The lowest BCUT2D eigenvalue weighted by Gasteiger charge is -2.25. The molecule has 1 rings (SSSR count). The molecular formula is C17H29N3O. The van der Waals surface area contributed by atoms with Crippen molar-refractivity contribution in [3.05, 3.63) is 35.9 Å². The first kappa shape index (κ1) is 17.7. The number of rotatable bonds is 9. The van der Waals surface area contributed by atoms with Crippen LogP contribution in [-0.4, -0.2) is 44.0 Å². The van der Waals surface area contributed by atoms with E-state index in [9.17, 15) is 4.79 Å². The zero-order chi connectivity index (χ0) is 15.7. The van der Waals surface area contributed by atoms with Gasteiger partial charge in [-0.3, -0.25) is 4.79 Å². The average molecular weight is 291 g/mol. The van der Waals surface area contributed by atoms with Crippen LogP contribution < -0.4 is 10.6 Å². The first-order valence-corrected chi connectivity index (χ1v) is 7.72. The molecule has 21 heavy (non-hydrogen) atoms. The van der Waals surface area contributed by atoms with E-state index in [0.29, 0.717) is 19.0 Å². The van der Waals surface area contributed by atoms with Gasteiger partial charge in [-0.05, 0) is 32.6 Å². The van der Waals surface area contributed by atoms with Crippen molar-refractivity contribution in [2.45, 2.75) is 38.8 Å². The number of likely N-dealkylation sites (N-methyl/N-ethyl adjacent to an activating group) is 1. The molecule has 118 valence electrons. The van der Waals surface area contributed by atoms with Crippen LogP contribution in [0.15, 0.2) is 30.3 Å². The fourth-order valence-corrected chi connectivity index (χ4v) is 2.21. The smallest absolute Gasteiger partial charge is 0.220 e. The fourth-order valence-electron chi connectivity index (χ4n) is 2.21. The molecule has 2 N–H and O–H groups in total. The van der Waals surface area contributed by atoms with Crippen LogP contribution in [0, 0.1) is 0 Å². The third-order valence-electron chi connectivity index (χ3n) is 3.43. The first-order valence-electron chi connectivity index (χ1n) is 7.72. The van der Waals surface area contributed by atoms with E-state index in [1.807, 2.05) is 32.3 Å². The van der Waals surface area contributed by atoms with Gasteiger partial charge in [0.2, 0.25) is 5.91 Å². The van der Waals surface area contributed by atoms with E-state index in [1.54, 1.807) is 0 Å². The number of amides is 1. The quantitative estimate of drug-likeness (QED) is 0.686. The van der Waals surface area contributed by atoms with Gasteiger partial charge in [-0.2, -0.15) is 0 Å². The third kappa shape index (κ3) is 7.25. The highest BCUT2D eigenvalue weighted by molar-refractivity contribution is 5.75. The van der Waals surface area contributed by atoms with Gasteiger partial charge in [-0.1, -0.05) is 44.2 Å². The number of carbonyl (C=O) groups is 1. The van der Waals surface area contributed by atoms with E-state index in [0.717, 1.165) is 13.0 Å². The summed E-state index contributed by atoms with van der Waals surface area (Å²) in [7, 11) is 4.08. The Hall–Kier alpha value is -1.39. The number of hydrogen-bond donors (Lipinski definition) is 2. The molecule has 1 aromatic rings. The van der Waals surface area contributed by atoms with Crippen molar-refractivity contribution in [3.8, 4) is 0 Å². The molecule has 0 fully saturated rings. The fraction of sp³-hybridized carbons (Fsp3) is 0.588. The lowest BCUT2D eigenvalue weighted by molar-refractivity contribution is -0.121. The molecule has 1 atom stereocenters. The highest BCUT2D eigenvalue weighted by Crippen LogP contribution is 2.16. The first-order chi connectivity index (χ1) is 10.0. The number of benzene rings is 1. The van der Waals surface area contributed by atoms with Crippen LogP contribution in [0.5, 0.6) is 0 Å². The summed E-state index contributed by atoms with van der Waals surface area (Å²) < 4.78 is 0. The van der Waals surface area contributed by atoms with Crippen LogP contribution in [0.4, 0.5) is 0 Å². The molecule has 4 heteroatoms. The zero-order valence-electron chi connectivity index (χ0n) is 13.7. The molecule has 1 unspecified atom stereocenters. The summed E-state index contributed by atoms with van der Waals surface area (Å²) in [6.45, 7) is 5.76. The van der Waals surface area contributed by atoms with E-state index in [1.165, 1.54) is 5.56 Å². The molecule has 1 amide bonds. The van der Waals surface area contributed by atoms with Crippen LogP contribution in [0.2, 0.25) is 0 Å². The normalized spacial score (nSPS) is 12.7. The minimum Gasteiger partial charge on any atom is -0.354 e. The Labute approximate surface area is 128 Å². The van der Waals surface area contributed by atoms with Crippen molar-refractivity contribution < 1.29 is 4.79 Å². The number of nitrogens with zero attached hydrogens (tertiary/aromatic N) is 1. The van der Waals surface area contributed by atoms with Crippen molar-refractivity contribution in [1.29, 1.82) is 0 Å². The molecule has 0 heterocycles. The minimum atomic E-state index is 0.128. The second kappa shape index (κ2) is 9.53. The van der Waals surface area contributed by atoms with Gasteiger partial charge in [0.25, 0.3) is 0 Å². The summed E-state index contributed by atoms with van der Waals surface area (Å²) in [5.41, 5.74) is 1.23. The Balaban J connectivity index is 2.35. The van der Waals surface area contributed by atoms with Gasteiger partial charge in [-0.25, -0.2) is 0 Å². The topological polar surface area (TPSA) is 44.4 Å². The van der Waals surface area contributed by atoms with Gasteiger partial charge in [0, 0.05) is 19.0 Å². The predicted octanol–water partition coefficient (Wildman–Crippen LogP) is 2.18. The maximum atomic E-state index is 11.9. The van der Waals surface area contributed by atoms with Gasteiger partial charge in [0.1, 0.15) is 0 Å². The van der Waals surface area contributed by atoms with Crippen LogP contribution in [0.1, 0.15) is 38.3 Å². The van der Waals surface area contributed by atoms with Gasteiger partial charge >= 0.3 is 0 Å². The summed E-state index contributed by atoms with van der Waals surface area (Å²) in [5, 5.41) is 6.36. The van der Waals surface area contributed by atoms with Crippen molar-refractivity contribution in [3.63, 3.8) is 0 Å². The van der Waals surface area contributed by atoms with Crippen LogP contribution in [-0.2, 0) is 4.79 Å². The number of carbonyl (C=O) groups excluding carboxylic acids is 1. The van der Waals surface area contributed by atoms with E-state index < -0.39 is 0 Å². The SMILES string of the molecule is CC(C)NCCCC(=O)NCC(c1ccccc1)N(C)C. The standard InChI is InChI=1S/C17H29N3O/c1-14(2)18-12-8-11-17(21)19-13-16(20(3)4)15-9-6-5-7-10-15/h5-7,9-10,14,16,18H,8,11-13H2,1-4H3,(H,19,21). The molecule has 0 aliphatic heterocycles. The molecule has 0 aliphatic carbocycles. The van der Waals surface area contributed by atoms with Gasteiger partial charge in [0.05, 0.1) is 6.04 Å². The Bertz CT molecular complexity index is 404. The zero-order valence-corrected chi connectivity index (χ0v) is 13.7. The highest BCUT2D eigenvalue weighted by Gasteiger charge is 2.14. The Morgan fingerprint density at radius 3 is 2.43 bits per heavy atom. The maximum Gasteiger partial charge on any atom is 0.220 e. The highest BCUT2D eigenvalue weighted by atomic mass is 16.1. The van der Waals surface area contributed by atoms with Crippen LogP contribution in [0.3, 0.4) is 0 Å². The average Bonchev–Trinajstić information content (AvgIpc) is 2.44. The molecule has 0 bridgehead atoms. The monoisotopic (exact) mass is 291 g/mol. The molecule has 0 aromatic heterocycles. The van der Waals surface area contributed by atoms with Gasteiger partial charge < -0.3 is 15.5 Å². The van der Waals surface area contributed by atoms with Crippen molar-refractivity contribution in [1.82, 2.24) is 15.5 Å². The maximum absolute atomic E-state index is 11.9. The Kier molecular flexibility index (Phi) is 8.01. The number of nitrogens with one attached hydrogen (secondary N) is 2. The summed E-state index contributed by atoms with van der Waals surface area (Å²) >= 11 is 0. The second-order valence-corrected chi connectivity index (χ2v) is 5.91. The van der Waals surface area contributed by atoms with Gasteiger partial charge in [0.15, 0.2) is 0 Å².